The molecule has 2 rings (SSSR count). The molecule has 0 saturated carbocycles. The second-order valence-corrected chi connectivity index (χ2v) is 8.02. The smallest absolute Gasteiger partial charge is 0.340 e. The number of carbonyl (C=O) groups is 1. The van der Waals surface area contributed by atoms with Gasteiger partial charge in [-0.3, -0.25) is 0 Å². The predicted octanol–water partition coefficient (Wildman–Crippen LogP) is 3.23. The van der Waals surface area contributed by atoms with Gasteiger partial charge in [-0.15, -0.1) is 0 Å². The standard InChI is InChI=1S/C18H17ClN2O4S/c1-13(11-20)25-18(22)16-10-15(8-9-17(16)19)26(23,24)21(2)12-14-6-4-3-5-7-14/h3-10,13H,12H2,1-2H3/t13-/m0/s1. The number of nitriles is 1. The zero-order valence-electron chi connectivity index (χ0n) is 14.2. The Morgan fingerprint density at radius 3 is 2.54 bits per heavy atom. The van der Waals surface area contributed by atoms with E-state index in [0.29, 0.717) is 0 Å². The average Bonchev–Trinajstić information content (AvgIpc) is 2.62. The molecule has 26 heavy (non-hydrogen) atoms. The van der Waals surface area contributed by atoms with Gasteiger partial charge in [-0.1, -0.05) is 41.9 Å². The van der Waals surface area contributed by atoms with Crippen LogP contribution in [0.3, 0.4) is 0 Å². The fraction of sp³-hybridized carbons (Fsp3) is 0.222. The van der Waals surface area contributed by atoms with Crippen molar-refractivity contribution in [3.63, 3.8) is 0 Å². The third-order valence-corrected chi connectivity index (χ3v) is 5.71. The highest BCUT2D eigenvalue weighted by atomic mass is 35.5. The molecule has 0 fully saturated rings. The van der Waals surface area contributed by atoms with Gasteiger partial charge in [0.1, 0.15) is 6.07 Å². The van der Waals surface area contributed by atoms with Crippen molar-refractivity contribution in [1.29, 1.82) is 5.26 Å². The van der Waals surface area contributed by atoms with E-state index in [4.69, 9.17) is 21.6 Å². The van der Waals surface area contributed by atoms with Crippen molar-refractivity contribution in [3.05, 3.63) is 64.7 Å². The lowest BCUT2D eigenvalue weighted by molar-refractivity contribution is 0.0435. The first-order chi connectivity index (χ1) is 12.3. The average molecular weight is 393 g/mol. The summed E-state index contributed by atoms with van der Waals surface area (Å²) in [5, 5.41) is 8.78. The van der Waals surface area contributed by atoms with E-state index >= 15 is 0 Å². The van der Waals surface area contributed by atoms with Crippen molar-refractivity contribution in [2.45, 2.75) is 24.5 Å². The van der Waals surface area contributed by atoms with Gasteiger partial charge in [0, 0.05) is 13.6 Å². The van der Waals surface area contributed by atoms with Crippen LogP contribution in [-0.4, -0.2) is 31.8 Å². The van der Waals surface area contributed by atoms with Gasteiger partial charge in [-0.2, -0.15) is 9.57 Å². The van der Waals surface area contributed by atoms with E-state index in [0.717, 1.165) is 11.6 Å². The molecule has 0 amide bonds. The van der Waals surface area contributed by atoms with Crippen LogP contribution in [0.2, 0.25) is 5.02 Å². The lowest BCUT2D eigenvalue weighted by Crippen LogP contribution is -2.26. The first-order valence-corrected chi connectivity index (χ1v) is 9.48. The lowest BCUT2D eigenvalue weighted by Gasteiger charge is -2.18. The minimum Gasteiger partial charge on any atom is -0.444 e. The van der Waals surface area contributed by atoms with Crippen LogP contribution in [0.4, 0.5) is 0 Å². The summed E-state index contributed by atoms with van der Waals surface area (Å²) in [6, 6.07) is 14.7. The van der Waals surface area contributed by atoms with Crippen LogP contribution in [0.1, 0.15) is 22.8 Å². The highest BCUT2D eigenvalue weighted by Crippen LogP contribution is 2.24. The molecule has 8 heteroatoms. The molecular formula is C18H17ClN2O4S. The van der Waals surface area contributed by atoms with Crippen LogP contribution in [0.15, 0.2) is 53.4 Å². The normalized spacial score (nSPS) is 12.4. The molecule has 0 unspecified atom stereocenters. The Morgan fingerprint density at radius 1 is 1.27 bits per heavy atom. The number of hydrogen-bond donors (Lipinski definition) is 0. The van der Waals surface area contributed by atoms with Gasteiger partial charge in [0.05, 0.1) is 15.5 Å². The van der Waals surface area contributed by atoms with Crippen LogP contribution in [0.5, 0.6) is 0 Å². The number of halogens is 1. The zero-order chi connectivity index (χ0) is 19.3. The van der Waals surface area contributed by atoms with Crippen molar-refractivity contribution in [3.8, 4) is 6.07 Å². The van der Waals surface area contributed by atoms with Gasteiger partial charge in [0.25, 0.3) is 0 Å². The maximum Gasteiger partial charge on any atom is 0.340 e. The first-order valence-electron chi connectivity index (χ1n) is 7.66. The highest BCUT2D eigenvalue weighted by Gasteiger charge is 2.24. The van der Waals surface area contributed by atoms with Gasteiger partial charge >= 0.3 is 5.97 Å². The zero-order valence-corrected chi connectivity index (χ0v) is 15.8. The molecule has 0 N–H and O–H groups in total. The molecule has 0 aliphatic heterocycles. The molecular weight excluding hydrogens is 376 g/mol. The molecule has 0 aliphatic carbocycles. The fourth-order valence-electron chi connectivity index (χ4n) is 2.18. The number of carbonyl (C=O) groups excluding carboxylic acids is 1. The molecule has 2 aromatic carbocycles. The summed E-state index contributed by atoms with van der Waals surface area (Å²) in [6.07, 6.45) is -0.973. The molecule has 2 aromatic rings. The molecule has 1 atom stereocenters. The Balaban J connectivity index is 2.31. The molecule has 0 saturated heterocycles. The molecule has 136 valence electrons. The van der Waals surface area contributed by atoms with E-state index in [1.165, 1.54) is 30.4 Å². The number of benzene rings is 2. The summed E-state index contributed by atoms with van der Waals surface area (Å²) in [5.41, 5.74) is 0.720. The molecule has 0 radical (unpaired) electrons. The molecule has 0 bridgehead atoms. The number of esters is 1. The third-order valence-electron chi connectivity index (χ3n) is 3.58. The maximum absolute atomic E-state index is 12.8. The number of nitrogens with zero attached hydrogens (tertiary/aromatic N) is 2. The van der Waals surface area contributed by atoms with E-state index in [2.05, 4.69) is 0 Å². The summed E-state index contributed by atoms with van der Waals surface area (Å²) in [7, 11) is -2.39. The van der Waals surface area contributed by atoms with Crippen molar-refractivity contribution in [2.75, 3.05) is 7.05 Å². The Labute approximate surface area is 157 Å². The Morgan fingerprint density at radius 2 is 1.92 bits per heavy atom. The first kappa shape index (κ1) is 19.9. The number of ether oxygens (including phenoxy) is 1. The summed E-state index contributed by atoms with van der Waals surface area (Å²) < 4.78 is 31.6. The van der Waals surface area contributed by atoms with Gasteiger partial charge in [-0.05, 0) is 30.7 Å². The minimum atomic E-state index is -3.84. The fourth-order valence-corrected chi connectivity index (χ4v) is 3.56. The lowest BCUT2D eigenvalue weighted by atomic mass is 10.2. The molecule has 0 aliphatic rings. The highest BCUT2D eigenvalue weighted by molar-refractivity contribution is 7.89. The van der Waals surface area contributed by atoms with Crippen LogP contribution >= 0.6 is 11.6 Å². The monoisotopic (exact) mass is 392 g/mol. The summed E-state index contributed by atoms with van der Waals surface area (Å²) in [4.78, 5) is 12.0. The van der Waals surface area contributed by atoms with E-state index < -0.39 is 22.1 Å². The van der Waals surface area contributed by atoms with Crippen LogP contribution in [0, 0.1) is 11.3 Å². The van der Waals surface area contributed by atoms with Gasteiger partial charge in [0.15, 0.2) is 6.10 Å². The number of sulfonamides is 1. The van der Waals surface area contributed by atoms with E-state index in [9.17, 15) is 13.2 Å². The van der Waals surface area contributed by atoms with Gasteiger partial charge in [-0.25, -0.2) is 13.2 Å². The number of hydrogen-bond acceptors (Lipinski definition) is 5. The van der Waals surface area contributed by atoms with Crippen molar-refractivity contribution in [1.82, 2.24) is 4.31 Å². The van der Waals surface area contributed by atoms with Crippen LogP contribution < -0.4 is 0 Å². The van der Waals surface area contributed by atoms with Crippen molar-refractivity contribution in [2.24, 2.45) is 0 Å². The van der Waals surface area contributed by atoms with E-state index in [1.54, 1.807) is 6.07 Å². The second kappa shape index (κ2) is 8.32. The Bertz CT molecular complexity index is 939. The van der Waals surface area contributed by atoms with Crippen LogP contribution in [-0.2, 0) is 21.3 Å². The SMILES string of the molecule is C[C@@H](C#N)OC(=O)c1cc(S(=O)(=O)N(C)Cc2ccccc2)ccc1Cl. The largest absolute Gasteiger partial charge is 0.444 e. The van der Waals surface area contributed by atoms with Gasteiger partial charge in [0.2, 0.25) is 10.0 Å². The van der Waals surface area contributed by atoms with Gasteiger partial charge < -0.3 is 4.74 Å². The van der Waals surface area contributed by atoms with E-state index in [-0.39, 0.29) is 22.0 Å². The Kier molecular flexibility index (Phi) is 6.37. The Hall–Kier alpha value is -2.40. The molecule has 0 heterocycles. The third kappa shape index (κ3) is 4.61. The molecule has 0 aromatic heterocycles. The summed E-state index contributed by atoms with van der Waals surface area (Å²) >= 11 is 5.98. The van der Waals surface area contributed by atoms with Crippen molar-refractivity contribution >= 4 is 27.6 Å². The summed E-state index contributed by atoms with van der Waals surface area (Å²) in [6.45, 7) is 1.58. The van der Waals surface area contributed by atoms with Crippen LogP contribution in [0.25, 0.3) is 0 Å². The quantitative estimate of drug-likeness (QED) is 0.704. The topological polar surface area (TPSA) is 87.5 Å². The second-order valence-electron chi connectivity index (χ2n) is 5.56. The summed E-state index contributed by atoms with van der Waals surface area (Å²) in [5.74, 6) is -0.855. The molecule has 6 nitrogen and oxygen atoms in total. The van der Waals surface area contributed by atoms with E-state index in [1.807, 2.05) is 30.3 Å². The van der Waals surface area contributed by atoms with Crippen molar-refractivity contribution < 1.29 is 17.9 Å². The maximum atomic E-state index is 12.8. The number of rotatable bonds is 6. The molecule has 0 spiro atoms. The predicted molar refractivity (Wildman–Crippen MR) is 97.0 cm³/mol. The minimum absolute atomic E-state index is 0.0461.